The molecule has 0 bridgehead atoms. The average Bonchev–Trinajstić information content (AvgIpc) is 3.00. The molecule has 0 aromatic rings. The Balaban J connectivity index is 1.76. The van der Waals surface area contributed by atoms with Crippen LogP contribution in [0.1, 0.15) is 72.6 Å². The van der Waals surface area contributed by atoms with Gasteiger partial charge in [-0.25, -0.2) is 4.39 Å². The fourth-order valence-electron chi connectivity index (χ4n) is 5.58. The molecule has 2 nitrogen and oxygen atoms in total. The van der Waals surface area contributed by atoms with Crippen molar-refractivity contribution in [3.8, 4) is 11.8 Å². The molecule has 0 aromatic heterocycles. The van der Waals surface area contributed by atoms with Crippen LogP contribution < -0.4 is 0 Å². The Morgan fingerprint density at radius 2 is 2.13 bits per heavy atom. The van der Waals surface area contributed by atoms with E-state index in [1.807, 2.05) is 6.08 Å². The van der Waals surface area contributed by atoms with Crippen LogP contribution in [0.3, 0.4) is 0 Å². The van der Waals surface area contributed by atoms with Crippen molar-refractivity contribution in [2.45, 2.75) is 90.5 Å². The Morgan fingerprint density at radius 3 is 2.83 bits per heavy atom. The van der Waals surface area contributed by atoms with Crippen molar-refractivity contribution < 1.29 is 14.6 Å². The topological polar surface area (TPSA) is 40.5 Å². The molecule has 5 atom stereocenters. The normalized spacial score (nSPS) is 35.6. The minimum Gasteiger partial charge on any atom is -0.393 e. The molecule has 0 unspecified atom stereocenters. The summed E-state index contributed by atoms with van der Waals surface area (Å²) in [6, 6.07) is 0. The van der Waals surface area contributed by atoms with Crippen LogP contribution in [-0.4, -0.2) is 28.1 Å². The summed E-state index contributed by atoms with van der Waals surface area (Å²) in [5, 5.41) is 19.8. The Bertz CT molecular complexity index is 829. The molecular weight excluding hydrogens is 375 g/mol. The minimum absolute atomic E-state index is 0.143. The quantitative estimate of drug-likeness (QED) is 0.453. The SMILES string of the molecule is C=C1/C(=C\C=C2/CCC[C@]3(C)C([C@H](C)CC#CC(C)(C)O)=CC[C@@H]23)C[C@@H](O)C[C@@H]1F. The fourth-order valence-corrected chi connectivity index (χ4v) is 5.58. The zero-order valence-electron chi connectivity index (χ0n) is 19.0. The molecule has 0 spiro atoms. The Labute approximate surface area is 181 Å². The number of aliphatic hydroxyl groups is 2. The first-order chi connectivity index (χ1) is 14.0. The van der Waals surface area contributed by atoms with E-state index in [2.05, 4.69) is 44.4 Å². The third kappa shape index (κ3) is 4.98. The monoisotopic (exact) mass is 412 g/mol. The summed E-state index contributed by atoms with van der Waals surface area (Å²) in [6.45, 7) is 12.0. The van der Waals surface area contributed by atoms with Gasteiger partial charge >= 0.3 is 0 Å². The minimum atomic E-state index is -1.14. The van der Waals surface area contributed by atoms with E-state index in [1.165, 1.54) is 17.6 Å². The lowest BCUT2D eigenvalue weighted by molar-refractivity contribution is 0.124. The molecule has 0 radical (unpaired) electrons. The molecule has 3 rings (SSSR count). The predicted molar refractivity (Wildman–Crippen MR) is 121 cm³/mol. The van der Waals surface area contributed by atoms with Gasteiger partial charge < -0.3 is 10.2 Å². The largest absolute Gasteiger partial charge is 0.393 e. The van der Waals surface area contributed by atoms with Gasteiger partial charge in [-0.3, -0.25) is 0 Å². The molecule has 0 heterocycles. The number of hydrogen-bond acceptors (Lipinski definition) is 2. The van der Waals surface area contributed by atoms with E-state index >= 15 is 0 Å². The van der Waals surface area contributed by atoms with Gasteiger partial charge in [-0.1, -0.05) is 61.6 Å². The summed E-state index contributed by atoms with van der Waals surface area (Å²) in [4.78, 5) is 0. The molecule has 2 fully saturated rings. The molecule has 0 amide bonds. The zero-order valence-corrected chi connectivity index (χ0v) is 19.0. The molecule has 3 aliphatic carbocycles. The second-order valence-electron chi connectivity index (χ2n) is 10.2. The average molecular weight is 413 g/mol. The first-order valence-corrected chi connectivity index (χ1v) is 11.3. The van der Waals surface area contributed by atoms with Crippen molar-refractivity contribution in [3.05, 3.63) is 47.1 Å². The molecule has 3 aliphatic rings. The van der Waals surface area contributed by atoms with Crippen molar-refractivity contribution in [3.63, 3.8) is 0 Å². The second-order valence-corrected chi connectivity index (χ2v) is 10.2. The molecule has 2 N–H and O–H groups in total. The van der Waals surface area contributed by atoms with E-state index < -0.39 is 17.9 Å². The Hall–Kier alpha value is -1.63. The highest BCUT2D eigenvalue weighted by molar-refractivity contribution is 5.40. The maximum absolute atomic E-state index is 14.1. The summed E-state index contributed by atoms with van der Waals surface area (Å²) >= 11 is 0. The van der Waals surface area contributed by atoms with E-state index in [-0.39, 0.29) is 11.8 Å². The van der Waals surface area contributed by atoms with Gasteiger partial charge in [0.2, 0.25) is 0 Å². The maximum Gasteiger partial charge on any atom is 0.127 e. The molecule has 164 valence electrons. The third-order valence-electron chi connectivity index (χ3n) is 7.17. The van der Waals surface area contributed by atoms with Crippen LogP contribution in [0.4, 0.5) is 4.39 Å². The summed E-state index contributed by atoms with van der Waals surface area (Å²) in [5.41, 5.74) is 3.50. The van der Waals surface area contributed by atoms with Gasteiger partial charge in [0, 0.05) is 12.8 Å². The van der Waals surface area contributed by atoms with Gasteiger partial charge in [0.05, 0.1) is 6.10 Å². The lowest BCUT2D eigenvalue weighted by Crippen LogP contribution is -2.32. The summed E-state index contributed by atoms with van der Waals surface area (Å²) in [5.74, 6) is 6.96. The number of halogens is 1. The highest BCUT2D eigenvalue weighted by atomic mass is 19.1. The van der Waals surface area contributed by atoms with Crippen LogP contribution in [0, 0.1) is 29.1 Å². The van der Waals surface area contributed by atoms with Crippen molar-refractivity contribution in [1.29, 1.82) is 0 Å². The molecule has 0 saturated heterocycles. The van der Waals surface area contributed by atoms with E-state index in [9.17, 15) is 14.6 Å². The van der Waals surface area contributed by atoms with Gasteiger partial charge in [-0.2, -0.15) is 0 Å². The van der Waals surface area contributed by atoms with Gasteiger partial charge in [0.25, 0.3) is 0 Å². The van der Waals surface area contributed by atoms with Crippen LogP contribution >= 0.6 is 0 Å². The number of aliphatic hydroxyl groups excluding tert-OH is 1. The van der Waals surface area contributed by atoms with E-state index in [0.29, 0.717) is 23.8 Å². The first kappa shape index (κ1) is 23.0. The van der Waals surface area contributed by atoms with Crippen LogP contribution in [0.2, 0.25) is 0 Å². The molecular formula is C27H37FO2. The number of fused-ring (bicyclic) bond motifs is 1. The number of hydrogen-bond donors (Lipinski definition) is 2. The van der Waals surface area contributed by atoms with Crippen molar-refractivity contribution >= 4 is 0 Å². The molecule has 0 aromatic carbocycles. The van der Waals surface area contributed by atoms with Gasteiger partial charge in [0.15, 0.2) is 0 Å². The molecule has 0 aliphatic heterocycles. The Kier molecular flexibility index (Phi) is 6.80. The lowest BCUT2D eigenvalue weighted by Gasteiger charge is -2.42. The predicted octanol–water partition coefficient (Wildman–Crippen LogP) is 5.83. The first-order valence-electron chi connectivity index (χ1n) is 11.3. The summed E-state index contributed by atoms with van der Waals surface area (Å²) in [7, 11) is 0. The molecule has 2 saturated carbocycles. The Morgan fingerprint density at radius 1 is 1.40 bits per heavy atom. The van der Waals surface area contributed by atoms with E-state index in [4.69, 9.17) is 0 Å². The van der Waals surface area contributed by atoms with Gasteiger partial charge in [-0.05, 0) is 74.3 Å². The van der Waals surface area contributed by atoms with Crippen LogP contribution in [-0.2, 0) is 0 Å². The maximum atomic E-state index is 14.1. The van der Waals surface area contributed by atoms with Crippen LogP contribution in [0.25, 0.3) is 0 Å². The van der Waals surface area contributed by atoms with Crippen molar-refractivity contribution in [2.24, 2.45) is 17.3 Å². The van der Waals surface area contributed by atoms with Crippen molar-refractivity contribution in [1.82, 2.24) is 0 Å². The molecule has 30 heavy (non-hydrogen) atoms. The van der Waals surface area contributed by atoms with Crippen molar-refractivity contribution in [2.75, 3.05) is 0 Å². The van der Waals surface area contributed by atoms with E-state index in [0.717, 1.165) is 31.3 Å². The third-order valence-corrected chi connectivity index (χ3v) is 7.17. The second kappa shape index (κ2) is 8.85. The number of rotatable bonds is 3. The fraction of sp³-hybridized carbons (Fsp3) is 0.630. The summed E-state index contributed by atoms with van der Waals surface area (Å²) in [6.07, 6.45) is 10.7. The zero-order chi connectivity index (χ0) is 22.1. The molecule has 3 heteroatoms. The standard InChI is InChI=1S/C27H37FO2/c1-18(8-6-14-26(3,4)30)23-12-13-24-20(9-7-15-27(23,24)5)10-11-21-16-22(29)17-25(28)19(21)2/h10-12,18,22,24-25,29-30H,2,7-9,13,15-17H2,1,3-5H3/b20-10+,21-11-/t18-,22-,24+,25+,27-/m1/s1. The lowest BCUT2D eigenvalue weighted by atomic mass is 9.62. The number of allylic oxidation sites excluding steroid dienone is 6. The highest BCUT2D eigenvalue weighted by Gasteiger charge is 2.45. The van der Waals surface area contributed by atoms with Gasteiger partial charge in [0.1, 0.15) is 11.8 Å². The van der Waals surface area contributed by atoms with Crippen LogP contribution in [0.15, 0.2) is 47.1 Å². The summed E-state index contributed by atoms with van der Waals surface area (Å²) < 4.78 is 14.1. The van der Waals surface area contributed by atoms with E-state index in [1.54, 1.807) is 13.8 Å². The van der Waals surface area contributed by atoms with Crippen LogP contribution in [0.5, 0.6) is 0 Å². The highest BCUT2D eigenvalue weighted by Crippen LogP contribution is 2.56. The number of alkyl halides is 1. The van der Waals surface area contributed by atoms with Gasteiger partial charge in [-0.15, -0.1) is 0 Å². The smallest absolute Gasteiger partial charge is 0.127 e.